The lowest BCUT2D eigenvalue weighted by atomic mass is 10.0. The minimum atomic E-state index is 0.327. The summed E-state index contributed by atoms with van der Waals surface area (Å²) < 4.78 is 5.95. The molecule has 0 aromatic carbocycles. The summed E-state index contributed by atoms with van der Waals surface area (Å²) in [5.74, 6) is 0. The van der Waals surface area contributed by atoms with Gasteiger partial charge in [0.2, 0.25) is 0 Å². The molecule has 0 fully saturated rings. The van der Waals surface area contributed by atoms with Crippen LogP contribution in [0.25, 0.3) is 0 Å². The summed E-state index contributed by atoms with van der Waals surface area (Å²) in [4.78, 5) is 4.51. The van der Waals surface area contributed by atoms with Crippen molar-refractivity contribution in [3.8, 4) is 0 Å². The zero-order valence-corrected chi connectivity index (χ0v) is 18.1. The van der Waals surface area contributed by atoms with Crippen molar-refractivity contribution >= 4 is 0 Å². The molecular formula is C23H46N2O. The van der Waals surface area contributed by atoms with Gasteiger partial charge in [-0.1, -0.05) is 90.4 Å². The monoisotopic (exact) mass is 366 g/mol. The molecule has 1 atom stereocenters. The Morgan fingerprint density at radius 1 is 0.769 bits per heavy atom. The largest absolute Gasteiger partial charge is 0.377 e. The van der Waals surface area contributed by atoms with Gasteiger partial charge >= 0.3 is 0 Å². The number of ether oxygens (including phenoxy) is 1. The van der Waals surface area contributed by atoms with Crippen LogP contribution in [0.4, 0.5) is 0 Å². The Bertz CT molecular complexity index is 332. The van der Waals surface area contributed by atoms with E-state index < -0.39 is 0 Å². The minimum Gasteiger partial charge on any atom is -0.377 e. The normalized spacial score (nSPS) is 15.2. The molecule has 0 radical (unpaired) electrons. The van der Waals surface area contributed by atoms with Crippen molar-refractivity contribution in [2.75, 3.05) is 26.9 Å². The first-order chi connectivity index (χ1) is 12.7. The van der Waals surface area contributed by atoms with E-state index in [9.17, 15) is 0 Å². The highest BCUT2D eigenvalue weighted by atomic mass is 16.5. The van der Waals surface area contributed by atoms with E-state index >= 15 is 0 Å². The number of hydrogen-bond acceptors (Lipinski definition) is 3. The Balaban J connectivity index is 1.73. The second kappa shape index (κ2) is 16.5. The lowest BCUT2D eigenvalue weighted by Gasteiger charge is -2.22. The van der Waals surface area contributed by atoms with Crippen molar-refractivity contribution in [2.45, 2.75) is 110 Å². The van der Waals surface area contributed by atoms with Crippen LogP contribution in [0, 0.1) is 0 Å². The van der Waals surface area contributed by atoms with Crippen LogP contribution in [0.1, 0.15) is 104 Å². The highest BCUT2D eigenvalue weighted by Gasteiger charge is 2.12. The summed E-state index contributed by atoms with van der Waals surface area (Å²) in [6.07, 6.45) is 24.4. The Kier molecular flexibility index (Phi) is 14.8. The van der Waals surface area contributed by atoms with Crippen molar-refractivity contribution in [2.24, 2.45) is 0 Å². The SMILES string of the molecule is CCCCCCCCCCCCCCCCOC(C)CN1C=CN(C)C1. The van der Waals surface area contributed by atoms with Crippen molar-refractivity contribution in [3.05, 3.63) is 12.4 Å². The maximum absolute atomic E-state index is 5.95. The van der Waals surface area contributed by atoms with Gasteiger partial charge in [0.05, 0.1) is 12.8 Å². The Labute approximate surface area is 164 Å². The summed E-state index contributed by atoms with van der Waals surface area (Å²) in [7, 11) is 2.11. The third kappa shape index (κ3) is 13.5. The molecule has 1 rings (SSSR count). The van der Waals surface area contributed by atoms with Crippen molar-refractivity contribution < 1.29 is 4.74 Å². The average Bonchev–Trinajstić information content (AvgIpc) is 3.03. The van der Waals surface area contributed by atoms with Crippen LogP contribution in [-0.2, 0) is 4.74 Å². The van der Waals surface area contributed by atoms with E-state index in [0.717, 1.165) is 19.8 Å². The standard InChI is InChI=1S/C23H46N2O/c1-4-5-6-7-8-9-10-11-12-13-14-15-16-17-20-26-23(2)21-25-19-18-24(3)22-25/h18-19,23H,4-17,20-22H2,1-3H3. The van der Waals surface area contributed by atoms with E-state index in [-0.39, 0.29) is 0 Å². The fourth-order valence-electron chi connectivity index (χ4n) is 3.67. The second-order valence-corrected chi connectivity index (χ2v) is 8.25. The van der Waals surface area contributed by atoms with Crippen LogP contribution in [0.2, 0.25) is 0 Å². The van der Waals surface area contributed by atoms with Gasteiger partial charge in [0.1, 0.15) is 0 Å². The molecule has 0 aromatic heterocycles. The minimum absolute atomic E-state index is 0.327. The van der Waals surface area contributed by atoms with Crippen LogP contribution < -0.4 is 0 Å². The van der Waals surface area contributed by atoms with Gasteiger partial charge in [0.15, 0.2) is 0 Å². The molecule has 1 aliphatic rings. The molecule has 26 heavy (non-hydrogen) atoms. The molecule has 154 valence electrons. The van der Waals surface area contributed by atoms with Gasteiger partial charge in [-0.3, -0.25) is 0 Å². The summed E-state index contributed by atoms with van der Waals surface area (Å²) in [6, 6.07) is 0. The molecule has 1 unspecified atom stereocenters. The fourth-order valence-corrected chi connectivity index (χ4v) is 3.67. The van der Waals surface area contributed by atoms with Crippen molar-refractivity contribution in [1.29, 1.82) is 0 Å². The van der Waals surface area contributed by atoms with Crippen LogP contribution in [0.5, 0.6) is 0 Å². The van der Waals surface area contributed by atoms with E-state index in [1.807, 2.05) is 0 Å². The molecule has 0 saturated heterocycles. The van der Waals surface area contributed by atoms with Gasteiger partial charge in [-0.05, 0) is 13.3 Å². The zero-order valence-electron chi connectivity index (χ0n) is 18.1. The molecule has 0 spiro atoms. The van der Waals surface area contributed by atoms with E-state index in [1.165, 1.54) is 89.9 Å². The van der Waals surface area contributed by atoms with Crippen LogP contribution >= 0.6 is 0 Å². The summed E-state index contributed by atoms with van der Waals surface area (Å²) in [5, 5.41) is 0. The molecule has 0 saturated carbocycles. The number of unbranched alkanes of at least 4 members (excludes halogenated alkanes) is 13. The van der Waals surface area contributed by atoms with Crippen LogP contribution in [0.15, 0.2) is 12.4 Å². The van der Waals surface area contributed by atoms with Crippen LogP contribution in [0.3, 0.4) is 0 Å². The zero-order chi connectivity index (χ0) is 18.9. The summed E-state index contributed by atoms with van der Waals surface area (Å²) in [6.45, 7) is 7.40. The highest BCUT2D eigenvalue weighted by Crippen LogP contribution is 2.13. The highest BCUT2D eigenvalue weighted by molar-refractivity contribution is 4.89. The first-order valence-corrected chi connectivity index (χ1v) is 11.5. The Hall–Kier alpha value is -0.700. The molecule has 0 amide bonds. The number of hydrogen-bond donors (Lipinski definition) is 0. The second-order valence-electron chi connectivity index (χ2n) is 8.25. The topological polar surface area (TPSA) is 15.7 Å². The molecular weight excluding hydrogens is 320 g/mol. The van der Waals surface area contributed by atoms with E-state index in [2.05, 4.69) is 43.1 Å². The smallest absolute Gasteiger partial charge is 0.0891 e. The molecule has 0 aromatic rings. The van der Waals surface area contributed by atoms with Gasteiger partial charge in [0, 0.05) is 32.6 Å². The lowest BCUT2D eigenvalue weighted by molar-refractivity contribution is 0.0427. The molecule has 0 aliphatic carbocycles. The average molecular weight is 367 g/mol. The number of rotatable bonds is 18. The predicted octanol–water partition coefficient (Wildman–Crippen LogP) is 6.55. The predicted molar refractivity (Wildman–Crippen MR) is 114 cm³/mol. The maximum atomic E-state index is 5.95. The third-order valence-corrected chi connectivity index (χ3v) is 5.33. The fraction of sp³-hybridized carbons (Fsp3) is 0.913. The van der Waals surface area contributed by atoms with E-state index in [4.69, 9.17) is 4.74 Å². The molecule has 0 N–H and O–H groups in total. The van der Waals surface area contributed by atoms with Crippen molar-refractivity contribution in [3.63, 3.8) is 0 Å². The summed E-state index contributed by atoms with van der Waals surface area (Å²) >= 11 is 0. The van der Waals surface area contributed by atoms with E-state index in [1.54, 1.807) is 0 Å². The molecule has 0 bridgehead atoms. The van der Waals surface area contributed by atoms with Gasteiger partial charge in [-0.15, -0.1) is 0 Å². The van der Waals surface area contributed by atoms with Crippen molar-refractivity contribution in [1.82, 2.24) is 9.80 Å². The van der Waals surface area contributed by atoms with Gasteiger partial charge in [0.25, 0.3) is 0 Å². The maximum Gasteiger partial charge on any atom is 0.0891 e. The first-order valence-electron chi connectivity index (χ1n) is 11.5. The third-order valence-electron chi connectivity index (χ3n) is 5.33. The Morgan fingerprint density at radius 3 is 1.73 bits per heavy atom. The Morgan fingerprint density at radius 2 is 1.27 bits per heavy atom. The first kappa shape index (κ1) is 23.3. The van der Waals surface area contributed by atoms with Gasteiger partial charge in [-0.2, -0.15) is 0 Å². The molecule has 3 nitrogen and oxygen atoms in total. The lowest BCUT2D eigenvalue weighted by Crippen LogP contribution is -2.30. The molecule has 1 heterocycles. The molecule has 3 heteroatoms. The molecule has 1 aliphatic heterocycles. The quantitative estimate of drug-likeness (QED) is 0.256. The van der Waals surface area contributed by atoms with Crippen LogP contribution in [-0.4, -0.2) is 42.8 Å². The number of nitrogens with zero attached hydrogens (tertiary/aromatic N) is 2. The van der Waals surface area contributed by atoms with Gasteiger partial charge < -0.3 is 14.5 Å². The van der Waals surface area contributed by atoms with E-state index in [0.29, 0.717) is 6.10 Å². The summed E-state index contributed by atoms with van der Waals surface area (Å²) in [5.41, 5.74) is 0. The van der Waals surface area contributed by atoms with Gasteiger partial charge in [-0.25, -0.2) is 0 Å².